The van der Waals surface area contributed by atoms with Gasteiger partial charge in [0.2, 0.25) is 0 Å². The maximum atomic E-state index is 13.5. The molecule has 1 aromatic carbocycles. The molecule has 0 radical (unpaired) electrons. The van der Waals surface area contributed by atoms with E-state index in [9.17, 15) is 13.6 Å². The molecule has 4 nitrogen and oxygen atoms in total. The summed E-state index contributed by atoms with van der Waals surface area (Å²) in [6.07, 6.45) is 7.45. The van der Waals surface area contributed by atoms with E-state index in [0.29, 0.717) is 12.5 Å². The molecule has 4 rings (SSSR count). The molecule has 1 atom stereocenters. The van der Waals surface area contributed by atoms with E-state index in [4.69, 9.17) is 0 Å². The molecule has 1 spiro atoms. The Bertz CT molecular complexity index is 858. The van der Waals surface area contributed by atoms with Crippen molar-refractivity contribution in [2.45, 2.75) is 38.6 Å². The molecule has 1 aromatic heterocycles. The van der Waals surface area contributed by atoms with Gasteiger partial charge in [0.25, 0.3) is 5.56 Å². The van der Waals surface area contributed by atoms with Gasteiger partial charge in [-0.2, -0.15) is 0 Å². The van der Waals surface area contributed by atoms with Gasteiger partial charge in [0.1, 0.15) is 0 Å². The van der Waals surface area contributed by atoms with Crippen molar-refractivity contribution in [2.75, 3.05) is 20.1 Å². The molecule has 134 valence electrons. The number of rotatable bonds is 2. The zero-order valence-electron chi connectivity index (χ0n) is 14.5. The van der Waals surface area contributed by atoms with Crippen LogP contribution < -0.4 is 5.56 Å². The molecular weight excluding hydrogens is 324 g/mol. The third-order valence-corrected chi connectivity index (χ3v) is 6.19. The van der Waals surface area contributed by atoms with Crippen molar-refractivity contribution in [1.29, 1.82) is 0 Å². The summed E-state index contributed by atoms with van der Waals surface area (Å²) >= 11 is 0. The number of piperidine rings is 1. The fourth-order valence-corrected chi connectivity index (χ4v) is 4.88. The first-order valence-electron chi connectivity index (χ1n) is 9.01. The fourth-order valence-electron chi connectivity index (χ4n) is 4.88. The normalized spacial score (nSPS) is 23.6. The lowest BCUT2D eigenvalue weighted by Crippen LogP contribution is -2.48. The number of benzene rings is 1. The summed E-state index contributed by atoms with van der Waals surface area (Å²) in [6.45, 7) is 2.71. The van der Waals surface area contributed by atoms with Crippen LogP contribution in [0.15, 0.2) is 23.3 Å². The summed E-state index contributed by atoms with van der Waals surface area (Å²) in [6, 6.07) is 1.96. The maximum Gasteiger partial charge on any atom is 0.261 e. The lowest BCUT2D eigenvalue weighted by Gasteiger charge is -2.45. The minimum atomic E-state index is -1.00. The van der Waals surface area contributed by atoms with Crippen molar-refractivity contribution in [1.82, 2.24) is 14.5 Å². The van der Waals surface area contributed by atoms with Crippen LogP contribution in [0.3, 0.4) is 0 Å². The van der Waals surface area contributed by atoms with Gasteiger partial charge < -0.3 is 4.90 Å². The van der Waals surface area contributed by atoms with Crippen molar-refractivity contribution in [3.8, 4) is 0 Å². The molecule has 1 unspecified atom stereocenters. The standard InChI is InChI=1S/C19H23F2N3O/c1-23-7-4-13(19(11-23)5-2-3-6-19)10-24-12-22-17-9-16(21)15(20)8-14(17)18(24)25/h8-9,12-13H,2-7,10-11H2,1H3. The van der Waals surface area contributed by atoms with E-state index in [0.717, 1.165) is 31.6 Å². The van der Waals surface area contributed by atoms with Crippen molar-refractivity contribution in [3.05, 3.63) is 40.4 Å². The van der Waals surface area contributed by atoms with Gasteiger partial charge in [-0.25, -0.2) is 13.8 Å². The number of hydrogen-bond acceptors (Lipinski definition) is 3. The van der Waals surface area contributed by atoms with E-state index < -0.39 is 11.6 Å². The lowest BCUT2D eigenvalue weighted by atomic mass is 9.69. The Kier molecular flexibility index (Phi) is 4.10. The van der Waals surface area contributed by atoms with Gasteiger partial charge >= 0.3 is 0 Å². The minimum Gasteiger partial charge on any atom is -0.306 e. The highest BCUT2D eigenvalue weighted by atomic mass is 19.2. The molecule has 2 heterocycles. The number of halogens is 2. The van der Waals surface area contributed by atoms with Crippen LogP contribution in [0.4, 0.5) is 8.78 Å². The van der Waals surface area contributed by atoms with Crippen LogP contribution in [0.25, 0.3) is 10.9 Å². The number of aromatic nitrogens is 2. The van der Waals surface area contributed by atoms with Gasteiger partial charge in [0.15, 0.2) is 11.6 Å². The summed E-state index contributed by atoms with van der Waals surface area (Å²) in [5, 5.41) is 0.148. The largest absolute Gasteiger partial charge is 0.306 e. The molecule has 0 bridgehead atoms. The summed E-state index contributed by atoms with van der Waals surface area (Å²) < 4.78 is 28.5. The number of fused-ring (bicyclic) bond motifs is 1. The van der Waals surface area contributed by atoms with Gasteiger partial charge in [0, 0.05) is 19.2 Å². The Labute approximate surface area is 145 Å². The van der Waals surface area contributed by atoms with Crippen LogP contribution in [-0.2, 0) is 6.54 Å². The highest BCUT2D eigenvalue weighted by Crippen LogP contribution is 2.48. The Morgan fingerprint density at radius 1 is 1.24 bits per heavy atom. The molecule has 0 N–H and O–H groups in total. The Hall–Kier alpha value is -1.82. The van der Waals surface area contributed by atoms with Crippen LogP contribution >= 0.6 is 0 Å². The average Bonchev–Trinajstić information content (AvgIpc) is 3.03. The highest BCUT2D eigenvalue weighted by molar-refractivity contribution is 5.77. The molecule has 2 aromatic rings. The molecule has 1 aliphatic heterocycles. The van der Waals surface area contributed by atoms with Crippen LogP contribution in [-0.4, -0.2) is 34.6 Å². The van der Waals surface area contributed by atoms with Crippen LogP contribution in [0, 0.1) is 23.0 Å². The van der Waals surface area contributed by atoms with E-state index in [1.54, 1.807) is 4.57 Å². The predicted molar refractivity (Wildman–Crippen MR) is 92.4 cm³/mol. The average molecular weight is 347 g/mol. The SMILES string of the molecule is CN1CCC(Cn2cnc3cc(F)c(F)cc3c2=O)C2(CCCC2)C1. The number of nitrogens with zero attached hydrogens (tertiary/aromatic N) is 3. The van der Waals surface area contributed by atoms with Crippen LogP contribution in [0.5, 0.6) is 0 Å². The number of hydrogen-bond donors (Lipinski definition) is 0. The summed E-state index contributed by atoms with van der Waals surface area (Å²) in [4.78, 5) is 19.3. The summed E-state index contributed by atoms with van der Waals surface area (Å²) in [5.74, 6) is -1.55. The number of likely N-dealkylation sites (tertiary alicyclic amines) is 1. The van der Waals surface area contributed by atoms with E-state index in [1.165, 1.54) is 32.0 Å². The van der Waals surface area contributed by atoms with Gasteiger partial charge in [-0.05, 0) is 50.3 Å². The summed E-state index contributed by atoms with van der Waals surface area (Å²) in [7, 11) is 2.16. The van der Waals surface area contributed by atoms with E-state index >= 15 is 0 Å². The molecule has 2 fully saturated rings. The molecular formula is C19H23F2N3O. The zero-order chi connectivity index (χ0) is 17.6. The fraction of sp³-hybridized carbons (Fsp3) is 0.579. The van der Waals surface area contributed by atoms with Crippen molar-refractivity contribution in [3.63, 3.8) is 0 Å². The van der Waals surface area contributed by atoms with Gasteiger partial charge in [-0.1, -0.05) is 12.8 Å². The van der Waals surface area contributed by atoms with Gasteiger partial charge in [-0.15, -0.1) is 0 Å². The van der Waals surface area contributed by atoms with Crippen molar-refractivity contribution < 1.29 is 8.78 Å². The van der Waals surface area contributed by atoms with E-state index in [-0.39, 0.29) is 21.9 Å². The second-order valence-corrected chi connectivity index (χ2v) is 7.78. The van der Waals surface area contributed by atoms with Crippen LogP contribution in [0.2, 0.25) is 0 Å². The van der Waals surface area contributed by atoms with Crippen molar-refractivity contribution in [2.24, 2.45) is 11.3 Å². The maximum absolute atomic E-state index is 13.5. The second-order valence-electron chi connectivity index (χ2n) is 7.78. The topological polar surface area (TPSA) is 38.1 Å². The van der Waals surface area contributed by atoms with Gasteiger partial charge in [0.05, 0.1) is 17.2 Å². The highest BCUT2D eigenvalue weighted by Gasteiger charge is 2.44. The van der Waals surface area contributed by atoms with Crippen LogP contribution in [0.1, 0.15) is 32.1 Å². The predicted octanol–water partition coefficient (Wildman–Crippen LogP) is 3.19. The van der Waals surface area contributed by atoms with Gasteiger partial charge in [-0.3, -0.25) is 9.36 Å². The zero-order valence-corrected chi connectivity index (χ0v) is 14.5. The molecule has 6 heteroatoms. The molecule has 1 saturated carbocycles. The molecule has 2 aliphatic rings. The third-order valence-electron chi connectivity index (χ3n) is 6.19. The molecule has 1 saturated heterocycles. The smallest absolute Gasteiger partial charge is 0.261 e. The minimum absolute atomic E-state index is 0.148. The Morgan fingerprint density at radius 2 is 1.96 bits per heavy atom. The first-order chi connectivity index (χ1) is 12.0. The molecule has 0 amide bonds. The lowest BCUT2D eigenvalue weighted by molar-refractivity contribution is 0.0346. The third kappa shape index (κ3) is 2.86. The van der Waals surface area contributed by atoms with Crippen molar-refractivity contribution >= 4 is 10.9 Å². The first-order valence-corrected chi connectivity index (χ1v) is 9.01. The monoisotopic (exact) mass is 347 g/mol. The second kappa shape index (κ2) is 6.16. The molecule has 1 aliphatic carbocycles. The molecule has 25 heavy (non-hydrogen) atoms. The Morgan fingerprint density at radius 3 is 2.72 bits per heavy atom. The summed E-state index contributed by atoms with van der Waals surface area (Å²) in [5.41, 5.74) is 0.199. The quantitative estimate of drug-likeness (QED) is 0.837. The van der Waals surface area contributed by atoms with E-state index in [1.807, 2.05) is 0 Å². The first kappa shape index (κ1) is 16.6. The Balaban J connectivity index is 1.69. The van der Waals surface area contributed by atoms with E-state index in [2.05, 4.69) is 16.9 Å².